The number of ketones is 1. The molecule has 4 rings (SSSR count). The summed E-state index contributed by atoms with van der Waals surface area (Å²) >= 11 is 1.30. The van der Waals surface area contributed by atoms with Gasteiger partial charge < -0.3 is 19.5 Å². The number of methoxy groups -OCH3 is 1. The van der Waals surface area contributed by atoms with Crippen LogP contribution in [0.15, 0.2) is 53.1 Å². The lowest BCUT2D eigenvalue weighted by Crippen LogP contribution is -2.39. The van der Waals surface area contributed by atoms with Gasteiger partial charge in [-0.15, -0.1) is 11.3 Å². The number of nitrogens with zero attached hydrogens (tertiary/aromatic N) is 2. The molecule has 0 aliphatic carbocycles. The molecule has 2 aliphatic heterocycles. The van der Waals surface area contributed by atoms with Gasteiger partial charge in [0.1, 0.15) is 5.75 Å². The Kier molecular flexibility index (Phi) is 6.70. The lowest BCUT2D eigenvalue weighted by molar-refractivity contribution is -0.129. The van der Waals surface area contributed by atoms with E-state index in [0.717, 1.165) is 44.8 Å². The quantitative estimate of drug-likeness (QED) is 0.633. The second-order valence-corrected chi connectivity index (χ2v) is 8.50. The van der Waals surface area contributed by atoms with Gasteiger partial charge in [0.15, 0.2) is 5.76 Å². The van der Waals surface area contributed by atoms with Crippen LogP contribution >= 0.6 is 11.3 Å². The van der Waals surface area contributed by atoms with Crippen molar-refractivity contribution in [2.24, 2.45) is 0 Å². The highest BCUT2D eigenvalue weighted by Crippen LogP contribution is 2.40. The van der Waals surface area contributed by atoms with E-state index in [1.165, 1.54) is 11.3 Å². The van der Waals surface area contributed by atoms with E-state index in [1.807, 2.05) is 17.5 Å². The number of hydrogen-bond donors (Lipinski definition) is 1. The molecule has 31 heavy (non-hydrogen) atoms. The molecule has 0 saturated carbocycles. The fourth-order valence-corrected chi connectivity index (χ4v) is 4.76. The first kappa shape index (κ1) is 21.5. The minimum Gasteiger partial charge on any atom is -0.503 e. The summed E-state index contributed by atoms with van der Waals surface area (Å²) in [6, 6.07) is 10.2. The van der Waals surface area contributed by atoms with Crippen LogP contribution in [0.5, 0.6) is 5.75 Å². The van der Waals surface area contributed by atoms with E-state index in [1.54, 1.807) is 36.3 Å². The van der Waals surface area contributed by atoms with E-state index in [9.17, 15) is 14.7 Å². The largest absolute Gasteiger partial charge is 0.503 e. The fraction of sp³-hybridized carbons (Fsp3) is 0.391. The van der Waals surface area contributed by atoms with Crippen molar-refractivity contribution in [2.45, 2.75) is 12.5 Å². The number of morpholine rings is 1. The summed E-state index contributed by atoms with van der Waals surface area (Å²) in [6.45, 7) is 4.47. The van der Waals surface area contributed by atoms with Crippen LogP contribution in [0.25, 0.3) is 0 Å². The van der Waals surface area contributed by atoms with Crippen molar-refractivity contribution in [2.75, 3.05) is 46.5 Å². The molecule has 1 N–H and O–H groups in total. The van der Waals surface area contributed by atoms with Gasteiger partial charge in [-0.05, 0) is 35.6 Å². The standard InChI is InChI=1S/C23H26N2O5S/c1-29-17-7-5-16(6-8-17)20-19(21(26)18-4-2-15-31-18)22(27)23(28)25(20)10-3-9-24-11-13-30-14-12-24/h2,4-8,15,20,27H,3,9-14H2,1H3/t20-/m0/s1. The van der Waals surface area contributed by atoms with Gasteiger partial charge >= 0.3 is 0 Å². The number of aliphatic hydroxyl groups is 1. The van der Waals surface area contributed by atoms with Gasteiger partial charge in [0.25, 0.3) is 5.91 Å². The van der Waals surface area contributed by atoms with Crippen molar-refractivity contribution in [1.29, 1.82) is 0 Å². The Balaban J connectivity index is 1.59. The Bertz CT molecular complexity index is 949. The van der Waals surface area contributed by atoms with Crippen LogP contribution in [0.4, 0.5) is 0 Å². The van der Waals surface area contributed by atoms with Crippen LogP contribution in [0, 0.1) is 0 Å². The number of Topliss-reactive ketones (excluding diaryl/α,β-unsaturated/α-hetero) is 1. The minimum absolute atomic E-state index is 0.143. The fourth-order valence-electron chi connectivity index (χ4n) is 4.08. The van der Waals surface area contributed by atoms with Gasteiger partial charge in [0.05, 0.1) is 36.8 Å². The monoisotopic (exact) mass is 442 g/mol. The molecule has 1 saturated heterocycles. The average molecular weight is 443 g/mol. The molecule has 0 bridgehead atoms. The Hall–Kier alpha value is -2.68. The van der Waals surface area contributed by atoms with Crippen LogP contribution in [0.1, 0.15) is 27.7 Å². The summed E-state index contributed by atoms with van der Waals surface area (Å²) in [5.41, 5.74) is 0.911. The molecule has 1 atom stereocenters. The van der Waals surface area contributed by atoms with Gasteiger partial charge in [-0.1, -0.05) is 18.2 Å². The number of ether oxygens (including phenoxy) is 2. The maximum absolute atomic E-state index is 13.2. The molecule has 2 aromatic rings. The Morgan fingerprint density at radius 2 is 1.94 bits per heavy atom. The van der Waals surface area contributed by atoms with Gasteiger partial charge in [0, 0.05) is 26.2 Å². The van der Waals surface area contributed by atoms with Crippen molar-refractivity contribution in [3.63, 3.8) is 0 Å². The van der Waals surface area contributed by atoms with Gasteiger partial charge in [-0.2, -0.15) is 0 Å². The van der Waals surface area contributed by atoms with Gasteiger partial charge in [-0.3, -0.25) is 14.5 Å². The van der Waals surface area contributed by atoms with E-state index >= 15 is 0 Å². The first-order valence-electron chi connectivity index (χ1n) is 10.4. The molecule has 1 amide bonds. The number of thiophene rings is 1. The lowest BCUT2D eigenvalue weighted by atomic mass is 9.95. The van der Waals surface area contributed by atoms with E-state index < -0.39 is 17.7 Å². The van der Waals surface area contributed by atoms with Crippen LogP contribution in [0.2, 0.25) is 0 Å². The predicted octanol–water partition coefficient (Wildman–Crippen LogP) is 3.06. The highest BCUT2D eigenvalue weighted by Gasteiger charge is 2.43. The Labute approximate surface area is 185 Å². The maximum Gasteiger partial charge on any atom is 0.290 e. The number of aliphatic hydroxyl groups excluding tert-OH is 1. The van der Waals surface area contributed by atoms with E-state index in [4.69, 9.17) is 9.47 Å². The van der Waals surface area contributed by atoms with Gasteiger partial charge in [-0.25, -0.2) is 0 Å². The first-order valence-corrected chi connectivity index (χ1v) is 11.2. The SMILES string of the molecule is COc1ccc([C@H]2C(C(=O)c3cccs3)=C(O)C(=O)N2CCCN2CCOCC2)cc1. The molecule has 1 aromatic carbocycles. The zero-order chi connectivity index (χ0) is 21.8. The number of carbonyl (C=O) groups excluding carboxylic acids is 2. The van der Waals surface area contributed by atoms with Crippen molar-refractivity contribution in [3.8, 4) is 5.75 Å². The van der Waals surface area contributed by atoms with Crippen molar-refractivity contribution < 1.29 is 24.2 Å². The number of amides is 1. The molecular weight excluding hydrogens is 416 g/mol. The first-order chi connectivity index (χ1) is 15.1. The topological polar surface area (TPSA) is 79.3 Å². The highest BCUT2D eigenvalue weighted by atomic mass is 32.1. The normalized spacial score (nSPS) is 19.8. The lowest BCUT2D eigenvalue weighted by Gasteiger charge is -2.30. The van der Waals surface area contributed by atoms with Crippen LogP contribution in [-0.4, -0.2) is 73.1 Å². The van der Waals surface area contributed by atoms with Crippen molar-refractivity contribution in [3.05, 3.63) is 63.6 Å². The summed E-state index contributed by atoms with van der Waals surface area (Å²) in [7, 11) is 1.59. The van der Waals surface area contributed by atoms with Crippen LogP contribution in [-0.2, 0) is 9.53 Å². The average Bonchev–Trinajstić information content (AvgIpc) is 3.43. The summed E-state index contributed by atoms with van der Waals surface area (Å²) in [5, 5.41) is 12.5. The summed E-state index contributed by atoms with van der Waals surface area (Å²) < 4.78 is 10.6. The smallest absolute Gasteiger partial charge is 0.290 e. The van der Waals surface area contributed by atoms with Gasteiger partial charge in [0.2, 0.25) is 5.78 Å². The highest BCUT2D eigenvalue weighted by molar-refractivity contribution is 7.12. The third kappa shape index (κ3) is 4.51. The molecule has 0 spiro atoms. The number of benzene rings is 1. The summed E-state index contributed by atoms with van der Waals surface area (Å²) in [4.78, 5) is 30.6. The zero-order valence-electron chi connectivity index (χ0n) is 17.5. The van der Waals surface area contributed by atoms with Crippen LogP contribution in [0.3, 0.4) is 0 Å². The third-order valence-electron chi connectivity index (χ3n) is 5.70. The minimum atomic E-state index is -0.627. The maximum atomic E-state index is 13.2. The second-order valence-electron chi connectivity index (χ2n) is 7.55. The number of rotatable bonds is 8. The molecule has 1 aromatic heterocycles. The van der Waals surface area contributed by atoms with Crippen LogP contribution < -0.4 is 4.74 Å². The Morgan fingerprint density at radius 1 is 1.19 bits per heavy atom. The molecule has 7 nitrogen and oxygen atoms in total. The molecule has 3 heterocycles. The summed E-state index contributed by atoms with van der Waals surface area (Å²) in [5.74, 6) is -0.572. The Morgan fingerprint density at radius 3 is 2.58 bits per heavy atom. The van der Waals surface area contributed by atoms with E-state index in [-0.39, 0.29) is 11.4 Å². The molecule has 1 fully saturated rings. The molecular formula is C23H26N2O5S. The predicted molar refractivity (Wildman–Crippen MR) is 118 cm³/mol. The van der Waals surface area contributed by atoms with Crippen molar-refractivity contribution >= 4 is 23.0 Å². The molecule has 2 aliphatic rings. The molecule has 0 radical (unpaired) electrons. The summed E-state index contributed by atoms with van der Waals surface area (Å²) in [6.07, 6.45) is 0.742. The van der Waals surface area contributed by atoms with E-state index in [2.05, 4.69) is 4.90 Å². The van der Waals surface area contributed by atoms with Crippen molar-refractivity contribution in [1.82, 2.24) is 9.80 Å². The molecule has 8 heteroatoms. The zero-order valence-corrected chi connectivity index (χ0v) is 18.3. The number of hydrogen-bond acceptors (Lipinski definition) is 7. The number of carbonyl (C=O) groups is 2. The molecule has 164 valence electrons. The second kappa shape index (κ2) is 9.64. The third-order valence-corrected chi connectivity index (χ3v) is 6.57. The van der Waals surface area contributed by atoms with E-state index in [0.29, 0.717) is 17.2 Å². The molecule has 0 unspecified atom stereocenters.